The van der Waals surface area contributed by atoms with Crippen molar-refractivity contribution in [1.29, 1.82) is 0 Å². The van der Waals surface area contributed by atoms with Crippen LogP contribution in [0.1, 0.15) is 37.8 Å². The molecule has 0 bridgehead atoms. The maximum absolute atomic E-state index is 12.0. The molecule has 1 aromatic heterocycles. The highest BCUT2D eigenvalue weighted by atomic mass is 19.1. The van der Waals surface area contributed by atoms with Gasteiger partial charge in [0, 0.05) is 19.2 Å². The molecule has 118 valence electrons. The van der Waals surface area contributed by atoms with Gasteiger partial charge in [0.05, 0.1) is 12.4 Å². The Bertz CT molecular complexity index is 450. The molecule has 0 atom stereocenters. The van der Waals surface area contributed by atoms with E-state index in [1.807, 2.05) is 0 Å². The van der Waals surface area contributed by atoms with E-state index >= 15 is 0 Å². The first-order valence-electron chi connectivity index (χ1n) is 7.05. The average Bonchev–Trinajstić information content (AvgIpc) is 2.87. The predicted octanol–water partition coefficient (Wildman–Crippen LogP) is 0.941. The number of carbonyl (C=O) groups excluding carboxylic acids is 1. The van der Waals surface area contributed by atoms with Crippen LogP contribution < -0.4 is 5.32 Å². The Hall–Kier alpha value is -1.99. The molecule has 1 heterocycles. The molecule has 0 aliphatic carbocycles. The van der Waals surface area contributed by atoms with Crippen LogP contribution in [0.3, 0.4) is 0 Å². The summed E-state index contributed by atoms with van der Waals surface area (Å²) in [6.07, 6.45) is 4.85. The standard InChI is InChI=1S/C13H21FN4O3/c14-7-4-5-11-9-18(17-16-11)10-12(19)15-8-3-1-2-6-13(20)21/h9H,1-8,10H2,(H,15,19)(H,20,21). The van der Waals surface area contributed by atoms with Crippen molar-refractivity contribution in [3.63, 3.8) is 0 Å². The summed E-state index contributed by atoms with van der Waals surface area (Å²) in [4.78, 5) is 21.9. The fraction of sp³-hybridized carbons (Fsp3) is 0.692. The summed E-state index contributed by atoms with van der Waals surface area (Å²) in [6.45, 7) is 0.203. The summed E-state index contributed by atoms with van der Waals surface area (Å²) in [5.74, 6) is -0.969. The van der Waals surface area contributed by atoms with Crippen molar-refractivity contribution in [3.05, 3.63) is 11.9 Å². The number of carboxylic acid groups (broad SMARTS) is 1. The molecule has 0 unspecified atom stereocenters. The minimum Gasteiger partial charge on any atom is -0.481 e. The number of aliphatic carboxylic acids is 1. The number of nitrogens with one attached hydrogen (secondary N) is 1. The number of hydrogen-bond donors (Lipinski definition) is 2. The van der Waals surface area contributed by atoms with E-state index < -0.39 is 12.6 Å². The summed E-state index contributed by atoms with van der Waals surface area (Å²) in [5.41, 5.74) is 0.675. The first-order valence-corrected chi connectivity index (χ1v) is 7.05. The number of aryl methyl sites for hydroxylation is 1. The van der Waals surface area contributed by atoms with Gasteiger partial charge in [-0.15, -0.1) is 5.10 Å². The van der Waals surface area contributed by atoms with Crippen molar-refractivity contribution in [1.82, 2.24) is 20.3 Å². The Labute approximate surface area is 122 Å². The second-order valence-corrected chi connectivity index (χ2v) is 4.75. The van der Waals surface area contributed by atoms with E-state index in [2.05, 4.69) is 15.6 Å². The summed E-state index contributed by atoms with van der Waals surface area (Å²) in [5, 5.41) is 18.9. The quantitative estimate of drug-likeness (QED) is 0.593. The van der Waals surface area contributed by atoms with Crippen LogP contribution in [-0.4, -0.2) is 45.2 Å². The van der Waals surface area contributed by atoms with Gasteiger partial charge in [-0.1, -0.05) is 11.6 Å². The molecule has 1 aromatic rings. The van der Waals surface area contributed by atoms with Crippen molar-refractivity contribution in [2.24, 2.45) is 0 Å². The molecule has 0 aromatic carbocycles. The van der Waals surface area contributed by atoms with Gasteiger partial charge in [0.1, 0.15) is 6.54 Å². The highest BCUT2D eigenvalue weighted by Gasteiger charge is 2.05. The van der Waals surface area contributed by atoms with Crippen molar-refractivity contribution >= 4 is 11.9 Å². The van der Waals surface area contributed by atoms with Crippen LogP contribution in [0.25, 0.3) is 0 Å². The van der Waals surface area contributed by atoms with Crippen LogP contribution in [0.2, 0.25) is 0 Å². The molecule has 1 amide bonds. The van der Waals surface area contributed by atoms with E-state index in [-0.39, 0.29) is 18.9 Å². The van der Waals surface area contributed by atoms with E-state index in [1.165, 1.54) is 4.68 Å². The number of hydrogen-bond acceptors (Lipinski definition) is 4. The fourth-order valence-electron chi connectivity index (χ4n) is 1.79. The monoisotopic (exact) mass is 300 g/mol. The molecule has 1 rings (SSSR count). The largest absolute Gasteiger partial charge is 0.481 e. The Kier molecular flexibility index (Phi) is 8.00. The van der Waals surface area contributed by atoms with E-state index in [0.717, 1.165) is 12.8 Å². The Morgan fingerprint density at radius 1 is 1.29 bits per heavy atom. The molecule has 7 nitrogen and oxygen atoms in total. The maximum Gasteiger partial charge on any atom is 0.303 e. The summed E-state index contributed by atoms with van der Waals surface area (Å²) >= 11 is 0. The smallest absolute Gasteiger partial charge is 0.303 e. The SMILES string of the molecule is O=C(O)CCCCCNC(=O)Cn1cc(CCCF)nn1. The number of unbranched alkanes of at least 4 members (excludes halogenated alkanes) is 2. The number of amides is 1. The van der Waals surface area contributed by atoms with Gasteiger partial charge in [0.25, 0.3) is 0 Å². The Morgan fingerprint density at radius 3 is 2.81 bits per heavy atom. The lowest BCUT2D eigenvalue weighted by molar-refractivity contribution is -0.137. The van der Waals surface area contributed by atoms with E-state index in [4.69, 9.17) is 5.11 Å². The summed E-state index contributed by atoms with van der Waals surface area (Å²) in [7, 11) is 0. The number of alkyl halides is 1. The minimum absolute atomic E-state index is 0.0811. The molecule has 21 heavy (non-hydrogen) atoms. The molecule has 2 N–H and O–H groups in total. The van der Waals surface area contributed by atoms with Gasteiger partial charge in [0.2, 0.25) is 5.91 Å². The molecule has 0 radical (unpaired) electrons. The van der Waals surface area contributed by atoms with Gasteiger partial charge in [-0.3, -0.25) is 14.0 Å². The number of halogens is 1. The molecule has 0 fully saturated rings. The van der Waals surface area contributed by atoms with Crippen molar-refractivity contribution in [2.75, 3.05) is 13.2 Å². The first-order chi connectivity index (χ1) is 10.1. The van der Waals surface area contributed by atoms with Crippen LogP contribution in [-0.2, 0) is 22.6 Å². The number of rotatable bonds is 11. The van der Waals surface area contributed by atoms with Crippen LogP contribution in [0.5, 0.6) is 0 Å². The molecule has 0 saturated carbocycles. The summed E-state index contributed by atoms with van der Waals surface area (Å²) < 4.78 is 13.4. The zero-order chi connectivity index (χ0) is 15.5. The highest BCUT2D eigenvalue weighted by molar-refractivity contribution is 5.75. The van der Waals surface area contributed by atoms with E-state index in [1.54, 1.807) is 6.20 Å². The van der Waals surface area contributed by atoms with Gasteiger partial charge in [-0.2, -0.15) is 0 Å². The number of carboxylic acids is 1. The average molecular weight is 300 g/mol. The van der Waals surface area contributed by atoms with E-state index in [0.29, 0.717) is 31.5 Å². The van der Waals surface area contributed by atoms with Crippen LogP contribution in [0, 0.1) is 0 Å². The van der Waals surface area contributed by atoms with Gasteiger partial charge in [-0.25, -0.2) is 4.68 Å². The molecular formula is C13H21FN4O3. The lowest BCUT2D eigenvalue weighted by Gasteiger charge is -2.04. The molecule has 0 saturated heterocycles. The third kappa shape index (κ3) is 8.01. The number of nitrogens with zero attached hydrogens (tertiary/aromatic N) is 3. The third-order valence-corrected chi connectivity index (χ3v) is 2.85. The molecule has 8 heteroatoms. The van der Waals surface area contributed by atoms with Gasteiger partial charge in [0.15, 0.2) is 0 Å². The van der Waals surface area contributed by atoms with Crippen LogP contribution in [0.15, 0.2) is 6.20 Å². The Balaban J connectivity index is 2.12. The minimum atomic E-state index is -0.797. The van der Waals surface area contributed by atoms with E-state index in [9.17, 15) is 14.0 Å². The predicted molar refractivity (Wildman–Crippen MR) is 73.4 cm³/mol. The lowest BCUT2D eigenvalue weighted by Crippen LogP contribution is -2.28. The molecular weight excluding hydrogens is 279 g/mol. The van der Waals surface area contributed by atoms with Gasteiger partial charge >= 0.3 is 5.97 Å². The van der Waals surface area contributed by atoms with Crippen LogP contribution >= 0.6 is 0 Å². The van der Waals surface area contributed by atoms with Crippen LogP contribution in [0.4, 0.5) is 4.39 Å². The number of carbonyl (C=O) groups is 2. The van der Waals surface area contributed by atoms with Gasteiger partial charge in [-0.05, 0) is 25.7 Å². The van der Waals surface area contributed by atoms with Crippen molar-refractivity contribution in [3.8, 4) is 0 Å². The zero-order valence-corrected chi connectivity index (χ0v) is 11.9. The maximum atomic E-state index is 12.0. The molecule has 0 aliphatic heterocycles. The topological polar surface area (TPSA) is 97.1 Å². The zero-order valence-electron chi connectivity index (χ0n) is 11.9. The molecule has 0 spiro atoms. The fourth-order valence-corrected chi connectivity index (χ4v) is 1.79. The first kappa shape index (κ1) is 17.1. The summed E-state index contributed by atoms with van der Waals surface area (Å²) in [6, 6.07) is 0. The third-order valence-electron chi connectivity index (χ3n) is 2.85. The second kappa shape index (κ2) is 9.84. The Morgan fingerprint density at radius 2 is 2.10 bits per heavy atom. The lowest BCUT2D eigenvalue weighted by atomic mass is 10.2. The van der Waals surface area contributed by atoms with Crippen molar-refractivity contribution < 1.29 is 19.1 Å². The molecule has 0 aliphatic rings. The normalized spacial score (nSPS) is 10.5. The highest BCUT2D eigenvalue weighted by Crippen LogP contribution is 2.00. The van der Waals surface area contributed by atoms with Crippen molar-refractivity contribution in [2.45, 2.75) is 45.1 Å². The number of aromatic nitrogens is 3. The second-order valence-electron chi connectivity index (χ2n) is 4.75. The van der Waals surface area contributed by atoms with Gasteiger partial charge < -0.3 is 10.4 Å².